The van der Waals surface area contributed by atoms with Crippen LogP contribution in [0.4, 0.5) is 0 Å². The number of hydrogen-bond acceptors (Lipinski definition) is 4. The zero-order chi connectivity index (χ0) is 14.5. The average Bonchev–Trinajstić information content (AvgIpc) is 2.89. The highest BCUT2D eigenvalue weighted by Gasteiger charge is 2.17. The van der Waals surface area contributed by atoms with E-state index in [1.165, 1.54) is 5.56 Å². The Balaban J connectivity index is 2.32. The van der Waals surface area contributed by atoms with E-state index in [1.54, 1.807) is 13.3 Å². The molecule has 0 amide bonds. The number of rotatable bonds is 6. The minimum atomic E-state index is -0.0962. The molecule has 1 unspecified atom stereocenters. The number of nitrogens with one attached hydrogen (secondary N) is 1. The van der Waals surface area contributed by atoms with Gasteiger partial charge in [-0.3, -0.25) is 10.5 Å². The second-order valence-electron chi connectivity index (χ2n) is 4.58. The lowest BCUT2D eigenvalue weighted by molar-refractivity contribution is 0.182. The molecule has 0 aliphatic heterocycles. The molecule has 0 saturated carbocycles. The fourth-order valence-corrected chi connectivity index (χ4v) is 2.40. The lowest BCUT2D eigenvalue weighted by Gasteiger charge is -2.19. The number of benzene rings is 1. The van der Waals surface area contributed by atoms with E-state index in [1.807, 2.05) is 16.8 Å². The monoisotopic (exact) mass is 338 g/mol. The molecule has 0 radical (unpaired) electrons. The van der Waals surface area contributed by atoms with E-state index in [-0.39, 0.29) is 6.04 Å². The smallest absolute Gasteiger partial charge is 0.0878 e. The van der Waals surface area contributed by atoms with Crippen LogP contribution >= 0.6 is 15.9 Å². The molecule has 0 fully saturated rings. The van der Waals surface area contributed by atoms with Crippen LogP contribution in [0.2, 0.25) is 0 Å². The van der Waals surface area contributed by atoms with Crippen molar-refractivity contribution in [2.45, 2.75) is 19.5 Å². The van der Waals surface area contributed by atoms with Crippen molar-refractivity contribution in [1.82, 2.24) is 15.2 Å². The molecular weight excluding hydrogens is 320 g/mol. The van der Waals surface area contributed by atoms with Crippen LogP contribution < -0.4 is 11.3 Å². The first kappa shape index (κ1) is 15.2. The van der Waals surface area contributed by atoms with Gasteiger partial charge in [-0.05, 0) is 30.2 Å². The third-order valence-corrected chi connectivity index (χ3v) is 4.12. The minimum Gasteiger partial charge on any atom is -0.383 e. The van der Waals surface area contributed by atoms with Crippen LogP contribution in [0.5, 0.6) is 0 Å². The maximum absolute atomic E-state index is 5.75. The summed E-state index contributed by atoms with van der Waals surface area (Å²) < 4.78 is 8.10. The first-order valence-electron chi connectivity index (χ1n) is 6.40. The second kappa shape index (κ2) is 6.99. The summed E-state index contributed by atoms with van der Waals surface area (Å²) in [5.74, 6) is 5.75. The largest absolute Gasteiger partial charge is 0.383 e. The fraction of sp³-hybridized carbons (Fsp3) is 0.357. The average molecular weight is 339 g/mol. The minimum absolute atomic E-state index is 0.0962. The summed E-state index contributed by atoms with van der Waals surface area (Å²) >= 11 is 3.51. The molecule has 1 aromatic heterocycles. The number of ether oxygens (including phenoxy) is 1. The van der Waals surface area contributed by atoms with Gasteiger partial charge in [0, 0.05) is 17.8 Å². The van der Waals surface area contributed by atoms with Crippen molar-refractivity contribution in [2.24, 2.45) is 5.84 Å². The number of nitrogens with two attached hydrogens (primary N) is 1. The predicted octanol–water partition coefficient (Wildman–Crippen LogP) is 2.15. The third kappa shape index (κ3) is 3.27. The summed E-state index contributed by atoms with van der Waals surface area (Å²) in [5.41, 5.74) is 6.16. The molecule has 0 aliphatic carbocycles. The van der Waals surface area contributed by atoms with Crippen molar-refractivity contribution >= 4 is 15.9 Å². The molecule has 6 heteroatoms. The number of nitrogens with zero attached hydrogens (tertiary/aromatic N) is 2. The van der Waals surface area contributed by atoms with Crippen LogP contribution in [0.15, 0.2) is 34.9 Å². The van der Waals surface area contributed by atoms with Crippen LogP contribution in [0.1, 0.15) is 22.9 Å². The van der Waals surface area contributed by atoms with E-state index < -0.39 is 0 Å². The lowest BCUT2D eigenvalue weighted by atomic mass is 10.0. The van der Waals surface area contributed by atoms with Gasteiger partial charge in [-0.25, -0.2) is 5.43 Å². The Bertz CT molecular complexity index is 570. The van der Waals surface area contributed by atoms with Crippen LogP contribution in [0.25, 0.3) is 0 Å². The van der Waals surface area contributed by atoms with Crippen molar-refractivity contribution in [2.75, 3.05) is 13.7 Å². The zero-order valence-corrected chi connectivity index (χ0v) is 13.2. The summed E-state index contributed by atoms with van der Waals surface area (Å²) in [5, 5.41) is 4.32. The van der Waals surface area contributed by atoms with Gasteiger partial charge in [-0.15, -0.1) is 0 Å². The molecule has 5 nitrogen and oxygen atoms in total. The molecule has 1 aromatic carbocycles. The maximum atomic E-state index is 5.75. The summed E-state index contributed by atoms with van der Waals surface area (Å²) in [7, 11) is 1.68. The van der Waals surface area contributed by atoms with Crippen molar-refractivity contribution in [1.29, 1.82) is 0 Å². The Kier molecular flexibility index (Phi) is 5.31. The highest BCUT2D eigenvalue weighted by atomic mass is 79.9. The Morgan fingerprint density at radius 3 is 2.90 bits per heavy atom. The number of hydrogen-bond donors (Lipinski definition) is 2. The first-order chi connectivity index (χ1) is 9.67. The second-order valence-corrected chi connectivity index (χ2v) is 5.43. The van der Waals surface area contributed by atoms with Gasteiger partial charge in [0.05, 0.1) is 24.9 Å². The fourth-order valence-electron chi connectivity index (χ4n) is 2.15. The van der Waals surface area contributed by atoms with Gasteiger partial charge >= 0.3 is 0 Å². The van der Waals surface area contributed by atoms with E-state index in [0.717, 1.165) is 15.7 Å². The Morgan fingerprint density at radius 1 is 1.45 bits per heavy atom. The van der Waals surface area contributed by atoms with Gasteiger partial charge in [0.15, 0.2) is 0 Å². The number of hydrazine groups is 1. The molecule has 1 heterocycles. The Labute approximate surface area is 127 Å². The number of aromatic nitrogens is 2. The van der Waals surface area contributed by atoms with E-state index in [2.05, 4.69) is 45.5 Å². The molecule has 2 rings (SSSR count). The highest BCUT2D eigenvalue weighted by molar-refractivity contribution is 9.10. The van der Waals surface area contributed by atoms with Gasteiger partial charge < -0.3 is 4.74 Å². The number of aryl methyl sites for hydroxylation is 1. The summed E-state index contributed by atoms with van der Waals surface area (Å²) in [6.07, 6.45) is 1.78. The number of methoxy groups -OCH3 is 1. The molecule has 2 aromatic rings. The third-order valence-electron chi connectivity index (χ3n) is 3.23. The van der Waals surface area contributed by atoms with Gasteiger partial charge in [0.1, 0.15) is 0 Å². The summed E-state index contributed by atoms with van der Waals surface area (Å²) in [4.78, 5) is 0. The SMILES string of the molecule is COCCn1nccc1C(NN)c1ccc(Br)c(C)c1. The standard InChI is InChI=1S/C14H19BrN4O/c1-10-9-11(3-4-12(10)15)14(18-16)13-5-6-17-19(13)7-8-20-2/h3-6,9,14,18H,7-8,16H2,1-2H3. The molecule has 0 aliphatic rings. The lowest BCUT2D eigenvalue weighted by Crippen LogP contribution is -2.31. The summed E-state index contributed by atoms with van der Waals surface area (Å²) in [6.45, 7) is 3.38. The van der Waals surface area contributed by atoms with Crippen LogP contribution in [0.3, 0.4) is 0 Å². The normalized spacial score (nSPS) is 12.6. The summed E-state index contributed by atoms with van der Waals surface area (Å²) in [6, 6.07) is 8.07. The Hall–Kier alpha value is -1.21. The van der Waals surface area contributed by atoms with Crippen molar-refractivity contribution in [3.05, 3.63) is 51.8 Å². The molecular formula is C14H19BrN4O. The quantitative estimate of drug-likeness (QED) is 0.625. The number of halogens is 1. The van der Waals surface area contributed by atoms with Gasteiger partial charge in [-0.2, -0.15) is 5.10 Å². The van der Waals surface area contributed by atoms with Crippen molar-refractivity contribution in [3.63, 3.8) is 0 Å². The van der Waals surface area contributed by atoms with E-state index in [9.17, 15) is 0 Å². The zero-order valence-electron chi connectivity index (χ0n) is 11.6. The molecule has 0 bridgehead atoms. The van der Waals surface area contributed by atoms with Crippen LogP contribution in [-0.2, 0) is 11.3 Å². The highest BCUT2D eigenvalue weighted by Crippen LogP contribution is 2.25. The topological polar surface area (TPSA) is 65.1 Å². The molecule has 0 saturated heterocycles. The maximum Gasteiger partial charge on any atom is 0.0878 e. The van der Waals surface area contributed by atoms with Gasteiger partial charge in [-0.1, -0.05) is 28.1 Å². The van der Waals surface area contributed by atoms with Crippen molar-refractivity contribution < 1.29 is 4.74 Å². The molecule has 20 heavy (non-hydrogen) atoms. The van der Waals surface area contributed by atoms with Crippen LogP contribution in [0, 0.1) is 6.92 Å². The Morgan fingerprint density at radius 2 is 2.25 bits per heavy atom. The van der Waals surface area contributed by atoms with Gasteiger partial charge in [0.2, 0.25) is 0 Å². The first-order valence-corrected chi connectivity index (χ1v) is 7.19. The van der Waals surface area contributed by atoms with E-state index >= 15 is 0 Å². The molecule has 0 spiro atoms. The molecule has 1 atom stereocenters. The van der Waals surface area contributed by atoms with E-state index in [0.29, 0.717) is 13.2 Å². The molecule has 3 N–H and O–H groups in total. The molecule has 108 valence electrons. The van der Waals surface area contributed by atoms with Crippen molar-refractivity contribution in [3.8, 4) is 0 Å². The van der Waals surface area contributed by atoms with Crippen LogP contribution in [-0.4, -0.2) is 23.5 Å². The predicted molar refractivity (Wildman–Crippen MR) is 82.1 cm³/mol. The van der Waals surface area contributed by atoms with E-state index in [4.69, 9.17) is 10.6 Å². The van der Waals surface area contributed by atoms with Gasteiger partial charge in [0.25, 0.3) is 0 Å².